The lowest BCUT2D eigenvalue weighted by Gasteiger charge is -2.23. The van der Waals surface area contributed by atoms with Crippen LogP contribution in [-0.2, 0) is 0 Å². The van der Waals surface area contributed by atoms with Crippen LogP contribution in [0.4, 0.5) is 5.69 Å². The molecule has 0 bridgehead atoms. The first-order chi connectivity index (χ1) is 8.99. The Hall–Kier alpha value is -0.410. The zero-order chi connectivity index (χ0) is 14.0. The molecule has 5 heteroatoms. The minimum Gasteiger partial charge on any atom is -0.376 e. The van der Waals surface area contributed by atoms with Gasteiger partial charge in [-0.15, -0.1) is 11.3 Å². The molecule has 1 aromatic heterocycles. The molecule has 1 aromatic carbocycles. The Labute approximate surface area is 132 Å². The number of anilines is 1. The van der Waals surface area contributed by atoms with Crippen molar-refractivity contribution in [3.8, 4) is 0 Å². The normalized spacial score (nSPS) is 12.7. The summed E-state index contributed by atoms with van der Waals surface area (Å²) >= 11 is 19.9. The molecular formula is C14H14Cl3NS. The van der Waals surface area contributed by atoms with E-state index in [1.165, 1.54) is 4.88 Å². The molecule has 2 aromatic rings. The van der Waals surface area contributed by atoms with Crippen LogP contribution in [0.5, 0.6) is 0 Å². The highest BCUT2D eigenvalue weighted by molar-refractivity contribution is 7.10. The Morgan fingerprint density at radius 1 is 1.05 bits per heavy atom. The van der Waals surface area contributed by atoms with Crippen molar-refractivity contribution in [1.29, 1.82) is 0 Å². The van der Waals surface area contributed by atoms with Crippen molar-refractivity contribution in [2.75, 3.05) is 5.32 Å². The maximum Gasteiger partial charge on any atom is 0.0653 e. The Kier molecular flexibility index (Phi) is 5.02. The fourth-order valence-electron chi connectivity index (χ4n) is 1.84. The van der Waals surface area contributed by atoms with Gasteiger partial charge in [-0.25, -0.2) is 0 Å². The molecule has 0 fully saturated rings. The molecule has 1 unspecified atom stereocenters. The van der Waals surface area contributed by atoms with E-state index < -0.39 is 0 Å². The van der Waals surface area contributed by atoms with Crippen molar-refractivity contribution in [1.82, 2.24) is 0 Å². The molecule has 0 saturated heterocycles. The van der Waals surface area contributed by atoms with Crippen molar-refractivity contribution >= 4 is 51.8 Å². The van der Waals surface area contributed by atoms with Crippen molar-refractivity contribution in [3.05, 3.63) is 49.6 Å². The summed E-state index contributed by atoms with van der Waals surface area (Å²) in [4.78, 5) is 1.28. The Bertz CT molecular complexity index is 552. The third-order valence-corrected chi connectivity index (χ3v) is 4.83. The Balaban J connectivity index is 2.30. The molecule has 0 aliphatic rings. The molecule has 1 heterocycles. The fraction of sp³-hybridized carbons (Fsp3) is 0.286. The highest BCUT2D eigenvalue weighted by Gasteiger charge is 2.18. The minimum absolute atomic E-state index is 0.203. The van der Waals surface area contributed by atoms with E-state index in [4.69, 9.17) is 34.8 Å². The maximum atomic E-state index is 6.21. The standard InChI is InChI=1S/C14H14Cl3NS/c1-8(2)14(13-4-3-5-19-13)18-12-7-10(16)9(15)6-11(12)17/h3-8,14,18H,1-2H3. The molecule has 0 amide bonds. The van der Waals surface area contributed by atoms with E-state index in [2.05, 4.69) is 30.6 Å². The number of benzene rings is 1. The summed E-state index contributed by atoms with van der Waals surface area (Å²) < 4.78 is 0. The van der Waals surface area contributed by atoms with Crippen molar-refractivity contribution in [2.45, 2.75) is 19.9 Å². The lowest BCUT2D eigenvalue weighted by molar-refractivity contribution is 0.554. The minimum atomic E-state index is 0.203. The number of thiophene rings is 1. The molecule has 0 aliphatic carbocycles. The first-order valence-corrected chi connectivity index (χ1v) is 7.95. The summed E-state index contributed by atoms with van der Waals surface area (Å²) in [5.74, 6) is 0.434. The van der Waals surface area contributed by atoms with Gasteiger partial charge < -0.3 is 5.32 Å². The third kappa shape index (κ3) is 3.57. The molecule has 0 saturated carbocycles. The van der Waals surface area contributed by atoms with Gasteiger partial charge in [-0.2, -0.15) is 0 Å². The molecule has 1 nitrogen and oxygen atoms in total. The van der Waals surface area contributed by atoms with E-state index in [1.54, 1.807) is 23.5 Å². The van der Waals surface area contributed by atoms with Gasteiger partial charge >= 0.3 is 0 Å². The van der Waals surface area contributed by atoms with Gasteiger partial charge in [-0.3, -0.25) is 0 Å². The highest BCUT2D eigenvalue weighted by Crippen LogP contribution is 2.36. The number of rotatable bonds is 4. The molecule has 19 heavy (non-hydrogen) atoms. The fourth-order valence-corrected chi connectivity index (χ4v) is 3.39. The van der Waals surface area contributed by atoms with E-state index in [0.29, 0.717) is 21.0 Å². The molecule has 2 rings (SSSR count). The summed E-state index contributed by atoms with van der Waals surface area (Å²) in [6.07, 6.45) is 0. The van der Waals surface area contributed by atoms with Crippen LogP contribution < -0.4 is 5.32 Å². The maximum absolute atomic E-state index is 6.21. The molecule has 1 atom stereocenters. The average molecular weight is 335 g/mol. The van der Waals surface area contributed by atoms with Gasteiger partial charge in [0.25, 0.3) is 0 Å². The van der Waals surface area contributed by atoms with E-state index >= 15 is 0 Å². The first-order valence-electron chi connectivity index (χ1n) is 5.93. The van der Waals surface area contributed by atoms with E-state index in [1.807, 2.05) is 6.07 Å². The zero-order valence-electron chi connectivity index (χ0n) is 10.6. The summed E-state index contributed by atoms with van der Waals surface area (Å²) in [7, 11) is 0. The molecule has 1 N–H and O–H groups in total. The number of hydrogen-bond donors (Lipinski definition) is 1. The summed E-state index contributed by atoms with van der Waals surface area (Å²) in [5, 5.41) is 7.07. The lowest BCUT2D eigenvalue weighted by Crippen LogP contribution is -2.15. The van der Waals surface area contributed by atoms with E-state index in [9.17, 15) is 0 Å². The zero-order valence-corrected chi connectivity index (χ0v) is 13.7. The number of halogens is 3. The molecule has 0 spiro atoms. The van der Waals surface area contributed by atoms with Gasteiger partial charge in [0.15, 0.2) is 0 Å². The van der Waals surface area contributed by atoms with E-state index in [0.717, 1.165) is 5.69 Å². The van der Waals surface area contributed by atoms with Crippen molar-refractivity contribution in [2.24, 2.45) is 5.92 Å². The van der Waals surface area contributed by atoms with Crippen molar-refractivity contribution in [3.63, 3.8) is 0 Å². The van der Waals surface area contributed by atoms with Crippen LogP contribution in [0, 0.1) is 5.92 Å². The summed E-state index contributed by atoms with van der Waals surface area (Å²) in [5.41, 5.74) is 0.808. The van der Waals surface area contributed by atoms with Gasteiger partial charge in [0.2, 0.25) is 0 Å². The van der Waals surface area contributed by atoms with Gasteiger partial charge in [-0.1, -0.05) is 54.7 Å². The van der Waals surface area contributed by atoms with Crippen LogP contribution in [0.2, 0.25) is 15.1 Å². The van der Waals surface area contributed by atoms with E-state index in [-0.39, 0.29) is 6.04 Å². The quantitative estimate of drug-likeness (QED) is 0.628. The van der Waals surface area contributed by atoms with Crippen LogP contribution in [0.25, 0.3) is 0 Å². The number of nitrogens with one attached hydrogen (secondary N) is 1. The Morgan fingerprint density at radius 3 is 2.32 bits per heavy atom. The second kappa shape index (κ2) is 6.36. The van der Waals surface area contributed by atoms with Crippen LogP contribution in [0.1, 0.15) is 24.8 Å². The molecule has 0 aliphatic heterocycles. The van der Waals surface area contributed by atoms with Crippen LogP contribution in [0.3, 0.4) is 0 Å². The smallest absolute Gasteiger partial charge is 0.0653 e. The lowest BCUT2D eigenvalue weighted by atomic mass is 10.0. The topological polar surface area (TPSA) is 12.0 Å². The highest BCUT2D eigenvalue weighted by atomic mass is 35.5. The largest absolute Gasteiger partial charge is 0.376 e. The van der Waals surface area contributed by atoms with Crippen LogP contribution in [0.15, 0.2) is 29.6 Å². The average Bonchev–Trinajstić information content (AvgIpc) is 2.85. The van der Waals surface area contributed by atoms with Crippen molar-refractivity contribution < 1.29 is 0 Å². The van der Waals surface area contributed by atoms with Gasteiger partial charge in [0.05, 0.1) is 26.8 Å². The second-order valence-electron chi connectivity index (χ2n) is 4.63. The third-order valence-electron chi connectivity index (χ3n) is 2.84. The predicted octanol–water partition coefficient (Wildman–Crippen LogP) is 6.52. The monoisotopic (exact) mass is 333 g/mol. The Morgan fingerprint density at radius 2 is 1.74 bits per heavy atom. The molecule has 102 valence electrons. The molecule has 0 radical (unpaired) electrons. The number of hydrogen-bond acceptors (Lipinski definition) is 2. The SMILES string of the molecule is CC(C)C(Nc1cc(Cl)c(Cl)cc1Cl)c1cccs1. The summed E-state index contributed by atoms with van der Waals surface area (Å²) in [6.45, 7) is 4.34. The van der Waals surface area contributed by atoms with Gasteiger partial charge in [0.1, 0.15) is 0 Å². The second-order valence-corrected chi connectivity index (χ2v) is 6.83. The predicted molar refractivity (Wildman–Crippen MR) is 87.0 cm³/mol. The van der Waals surface area contributed by atoms with Crippen LogP contribution in [-0.4, -0.2) is 0 Å². The van der Waals surface area contributed by atoms with Crippen LogP contribution >= 0.6 is 46.1 Å². The van der Waals surface area contributed by atoms with Gasteiger partial charge in [-0.05, 0) is 29.5 Å². The first kappa shape index (κ1) is 15.0. The van der Waals surface area contributed by atoms with Gasteiger partial charge in [0, 0.05) is 4.88 Å². The summed E-state index contributed by atoms with van der Waals surface area (Å²) in [6, 6.07) is 7.81. The molecular weight excluding hydrogens is 321 g/mol.